The van der Waals surface area contributed by atoms with Crippen LogP contribution in [-0.4, -0.2) is 18.0 Å². The van der Waals surface area contributed by atoms with Gasteiger partial charge in [-0.2, -0.15) is 0 Å². The maximum atomic E-state index is 12.4. The number of nitrogens with one attached hydrogen (secondary N) is 1. The molecule has 0 aromatic heterocycles. The lowest BCUT2D eigenvalue weighted by Crippen LogP contribution is -2.31. The molecule has 0 spiro atoms. The highest BCUT2D eigenvalue weighted by Crippen LogP contribution is 2.39. The van der Waals surface area contributed by atoms with Crippen molar-refractivity contribution in [3.8, 4) is 5.75 Å². The summed E-state index contributed by atoms with van der Waals surface area (Å²) in [5, 5.41) is 14.7. The molecule has 2 aromatic carbocycles. The number of ether oxygens (including phenoxy) is 2. The van der Waals surface area contributed by atoms with Crippen LogP contribution in [0.5, 0.6) is 5.75 Å². The molecule has 2 aromatic rings. The molecule has 0 radical (unpaired) electrons. The standard InChI is InChI=1S/C22H22N2O5/c1-14-19(22(25)28-3)20(21(24(26)27)15(2)23-14)17-10-7-11-18(12-17)29-13-16-8-5-4-6-9-16/h4-12,20,23H,13H2,1-3H3. The molecule has 0 saturated carbocycles. The van der Waals surface area contributed by atoms with Crippen molar-refractivity contribution < 1.29 is 19.2 Å². The van der Waals surface area contributed by atoms with Gasteiger partial charge < -0.3 is 14.8 Å². The van der Waals surface area contributed by atoms with Gasteiger partial charge in [-0.3, -0.25) is 10.1 Å². The summed E-state index contributed by atoms with van der Waals surface area (Å²) in [5.74, 6) is -0.909. The largest absolute Gasteiger partial charge is 0.489 e. The maximum Gasteiger partial charge on any atom is 0.336 e. The van der Waals surface area contributed by atoms with E-state index in [9.17, 15) is 14.9 Å². The number of hydrogen-bond acceptors (Lipinski definition) is 6. The first-order valence-corrected chi connectivity index (χ1v) is 9.10. The number of esters is 1. The molecule has 150 valence electrons. The average molecular weight is 394 g/mol. The Morgan fingerprint density at radius 1 is 1.10 bits per heavy atom. The third-order valence-corrected chi connectivity index (χ3v) is 4.77. The van der Waals surface area contributed by atoms with Crippen molar-refractivity contribution in [1.29, 1.82) is 0 Å². The molecule has 0 saturated heterocycles. The van der Waals surface area contributed by atoms with Crippen LogP contribution in [0.4, 0.5) is 0 Å². The van der Waals surface area contributed by atoms with E-state index in [4.69, 9.17) is 9.47 Å². The molecule has 0 amide bonds. The number of carbonyl (C=O) groups excluding carboxylic acids is 1. The number of nitro groups is 1. The van der Waals surface area contributed by atoms with E-state index in [0.717, 1.165) is 5.56 Å². The van der Waals surface area contributed by atoms with Gasteiger partial charge in [0.1, 0.15) is 18.3 Å². The van der Waals surface area contributed by atoms with Gasteiger partial charge in [-0.1, -0.05) is 42.5 Å². The number of carbonyl (C=O) groups is 1. The van der Waals surface area contributed by atoms with Crippen LogP contribution in [-0.2, 0) is 16.1 Å². The molecule has 7 nitrogen and oxygen atoms in total. The average Bonchev–Trinajstić information content (AvgIpc) is 2.72. The second kappa shape index (κ2) is 8.60. The summed E-state index contributed by atoms with van der Waals surface area (Å²) in [6, 6.07) is 16.7. The molecular weight excluding hydrogens is 372 g/mol. The summed E-state index contributed by atoms with van der Waals surface area (Å²) in [6.45, 7) is 3.69. The van der Waals surface area contributed by atoms with Crippen molar-refractivity contribution in [2.75, 3.05) is 7.11 Å². The molecule has 1 heterocycles. The monoisotopic (exact) mass is 394 g/mol. The lowest BCUT2D eigenvalue weighted by Gasteiger charge is -2.26. The minimum atomic E-state index is -0.862. The number of benzene rings is 2. The zero-order valence-electron chi connectivity index (χ0n) is 16.5. The molecule has 1 aliphatic rings. The molecule has 29 heavy (non-hydrogen) atoms. The van der Waals surface area contributed by atoms with Crippen molar-refractivity contribution in [2.24, 2.45) is 0 Å². The van der Waals surface area contributed by atoms with Gasteiger partial charge in [0.2, 0.25) is 0 Å². The zero-order valence-corrected chi connectivity index (χ0v) is 16.5. The first-order valence-electron chi connectivity index (χ1n) is 9.10. The van der Waals surface area contributed by atoms with Crippen LogP contribution in [0.2, 0.25) is 0 Å². The van der Waals surface area contributed by atoms with Gasteiger partial charge >= 0.3 is 5.97 Å². The predicted molar refractivity (Wildman–Crippen MR) is 108 cm³/mol. The van der Waals surface area contributed by atoms with Crippen molar-refractivity contribution in [2.45, 2.75) is 26.4 Å². The summed E-state index contributed by atoms with van der Waals surface area (Å²) >= 11 is 0. The molecule has 1 N–H and O–H groups in total. The Labute approximate surface area is 168 Å². The topological polar surface area (TPSA) is 90.7 Å². The number of nitrogens with zero attached hydrogens (tertiary/aromatic N) is 1. The van der Waals surface area contributed by atoms with Gasteiger partial charge in [-0.05, 0) is 37.1 Å². The van der Waals surface area contributed by atoms with Crippen LogP contribution >= 0.6 is 0 Å². The number of dihydropyridines is 1. The van der Waals surface area contributed by atoms with Gasteiger partial charge in [-0.25, -0.2) is 4.79 Å². The summed E-state index contributed by atoms with van der Waals surface area (Å²) in [7, 11) is 1.26. The Morgan fingerprint density at radius 3 is 2.48 bits per heavy atom. The molecule has 1 aliphatic heterocycles. The normalized spacial score (nSPS) is 16.3. The van der Waals surface area contributed by atoms with E-state index in [2.05, 4.69) is 5.32 Å². The molecule has 1 unspecified atom stereocenters. The molecule has 3 rings (SSSR count). The second-order valence-electron chi connectivity index (χ2n) is 6.70. The summed E-state index contributed by atoms with van der Waals surface area (Å²) in [4.78, 5) is 23.8. The fourth-order valence-corrected chi connectivity index (χ4v) is 3.45. The van der Waals surface area contributed by atoms with Crippen LogP contribution in [0.1, 0.15) is 30.9 Å². The van der Waals surface area contributed by atoms with Gasteiger partial charge in [0.15, 0.2) is 0 Å². The summed E-state index contributed by atoms with van der Waals surface area (Å²) < 4.78 is 10.8. The van der Waals surface area contributed by atoms with E-state index >= 15 is 0 Å². The smallest absolute Gasteiger partial charge is 0.336 e. The number of hydrogen-bond donors (Lipinski definition) is 1. The van der Waals surface area contributed by atoms with E-state index in [1.807, 2.05) is 30.3 Å². The van der Waals surface area contributed by atoms with E-state index in [1.54, 1.807) is 38.1 Å². The molecule has 0 bridgehead atoms. The van der Waals surface area contributed by atoms with Crippen molar-refractivity contribution in [1.82, 2.24) is 5.32 Å². The van der Waals surface area contributed by atoms with Crippen molar-refractivity contribution >= 4 is 5.97 Å². The third-order valence-electron chi connectivity index (χ3n) is 4.77. The summed E-state index contributed by atoms with van der Waals surface area (Å²) in [5.41, 5.74) is 2.64. The van der Waals surface area contributed by atoms with Crippen LogP contribution in [0.3, 0.4) is 0 Å². The van der Waals surface area contributed by atoms with E-state index in [0.29, 0.717) is 29.3 Å². The Morgan fingerprint density at radius 2 is 1.83 bits per heavy atom. The first-order chi connectivity index (χ1) is 13.9. The molecule has 0 fully saturated rings. The third kappa shape index (κ3) is 4.29. The van der Waals surface area contributed by atoms with Crippen molar-refractivity contribution in [3.63, 3.8) is 0 Å². The Hall–Kier alpha value is -3.61. The van der Waals surface area contributed by atoms with Crippen molar-refractivity contribution in [3.05, 3.63) is 98.5 Å². The fraction of sp³-hybridized carbons (Fsp3) is 0.227. The van der Waals surface area contributed by atoms with Crippen LogP contribution < -0.4 is 10.1 Å². The minimum absolute atomic E-state index is 0.0868. The SMILES string of the molecule is COC(=O)C1=C(C)NC(C)=C([N+](=O)[O-])C1c1cccc(OCc2ccccc2)c1. The zero-order chi connectivity index (χ0) is 21.0. The highest BCUT2D eigenvalue weighted by molar-refractivity contribution is 5.92. The second-order valence-corrected chi connectivity index (χ2v) is 6.70. The quantitative estimate of drug-likeness (QED) is 0.454. The van der Waals surface area contributed by atoms with Crippen LogP contribution in [0, 0.1) is 10.1 Å². The maximum absolute atomic E-state index is 12.4. The van der Waals surface area contributed by atoms with Gasteiger partial charge in [0, 0.05) is 5.70 Å². The first kappa shape index (κ1) is 20.1. The fourth-order valence-electron chi connectivity index (χ4n) is 3.45. The van der Waals surface area contributed by atoms with E-state index in [-0.39, 0.29) is 11.3 Å². The molecule has 0 aliphatic carbocycles. The van der Waals surface area contributed by atoms with Gasteiger partial charge in [0.05, 0.1) is 23.3 Å². The van der Waals surface area contributed by atoms with Gasteiger partial charge in [-0.15, -0.1) is 0 Å². The molecular formula is C22H22N2O5. The number of rotatable bonds is 6. The predicted octanol–water partition coefficient (Wildman–Crippen LogP) is 3.91. The highest BCUT2D eigenvalue weighted by Gasteiger charge is 2.40. The van der Waals surface area contributed by atoms with Crippen LogP contribution in [0.15, 0.2) is 77.3 Å². The lowest BCUT2D eigenvalue weighted by molar-refractivity contribution is -0.431. The number of methoxy groups -OCH3 is 1. The Balaban J connectivity index is 1.99. The molecule has 7 heteroatoms. The highest BCUT2D eigenvalue weighted by atomic mass is 16.6. The van der Waals surface area contributed by atoms with E-state index < -0.39 is 16.8 Å². The van der Waals surface area contributed by atoms with E-state index in [1.165, 1.54) is 7.11 Å². The lowest BCUT2D eigenvalue weighted by atomic mass is 9.84. The Kier molecular flexibility index (Phi) is 5.97. The molecule has 1 atom stereocenters. The van der Waals surface area contributed by atoms with Gasteiger partial charge in [0.25, 0.3) is 5.70 Å². The Bertz CT molecular complexity index is 995. The van der Waals surface area contributed by atoms with Crippen LogP contribution in [0.25, 0.3) is 0 Å². The number of allylic oxidation sites excluding steroid dienone is 3. The summed E-state index contributed by atoms with van der Waals surface area (Å²) in [6.07, 6.45) is 0. The minimum Gasteiger partial charge on any atom is -0.489 e.